The van der Waals surface area contributed by atoms with Crippen LogP contribution in [0, 0.1) is 6.92 Å². The smallest absolute Gasteiger partial charge is 0.226 e. The second-order valence-electron chi connectivity index (χ2n) is 6.77. The van der Waals surface area contributed by atoms with Crippen LogP contribution in [0.25, 0.3) is 0 Å². The molecule has 26 heavy (non-hydrogen) atoms. The van der Waals surface area contributed by atoms with Crippen molar-refractivity contribution in [2.45, 2.75) is 58.0 Å². The van der Waals surface area contributed by atoms with Crippen LogP contribution in [-0.4, -0.2) is 45.1 Å². The minimum atomic E-state index is 0.179. The van der Waals surface area contributed by atoms with Gasteiger partial charge >= 0.3 is 0 Å². The summed E-state index contributed by atoms with van der Waals surface area (Å²) >= 11 is 0. The minimum Gasteiger partial charge on any atom is -0.339 e. The topological polar surface area (TPSA) is 84.2 Å². The Morgan fingerprint density at radius 1 is 1.35 bits per heavy atom. The van der Waals surface area contributed by atoms with Crippen molar-refractivity contribution >= 4 is 5.91 Å². The third-order valence-corrected chi connectivity index (χ3v) is 4.72. The molecular formula is C19H27N5O2. The van der Waals surface area contributed by atoms with Crippen molar-refractivity contribution in [3.63, 3.8) is 0 Å². The lowest BCUT2D eigenvalue weighted by molar-refractivity contribution is -0.134. The zero-order chi connectivity index (χ0) is 18.2. The molecule has 7 nitrogen and oxygen atoms in total. The van der Waals surface area contributed by atoms with Gasteiger partial charge < -0.3 is 14.7 Å². The molecule has 1 amide bonds. The van der Waals surface area contributed by atoms with Crippen molar-refractivity contribution in [2.24, 2.45) is 0 Å². The second kappa shape index (κ2) is 9.43. The van der Waals surface area contributed by atoms with Crippen LogP contribution in [0.2, 0.25) is 0 Å². The fourth-order valence-corrected chi connectivity index (χ4v) is 3.38. The van der Waals surface area contributed by atoms with E-state index in [0.29, 0.717) is 37.5 Å². The molecule has 0 spiro atoms. The summed E-state index contributed by atoms with van der Waals surface area (Å²) < 4.78 is 5.13. The minimum absolute atomic E-state index is 0.179. The van der Waals surface area contributed by atoms with Gasteiger partial charge in [-0.2, -0.15) is 4.98 Å². The molecule has 1 unspecified atom stereocenters. The fraction of sp³-hybridized carbons (Fsp3) is 0.579. The number of hydrogen-bond acceptors (Lipinski definition) is 6. The summed E-state index contributed by atoms with van der Waals surface area (Å²) in [5, 5.41) is 7.21. The molecule has 1 saturated heterocycles. The van der Waals surface area contributed by atoms with Crippen LogP contribution in [0.5, 0.6) is 0 Å². The number of nitrogens with zero attached hydrogens (tertiary/aromatic N) is 4. The molecule has 0 saturated carbocycles. The number of carbonyl (C=O) groups excluding carboxylic acids is 1. The number of rotatable bonds is 7. The monoisotopic (exact) mass is 357 g/mol. The highest BCUT2D eigenvalue weighted by Gasteiger charge is 2.25. The molecule has 0 bridgehead atoms. The lowest BCUT2D eigenvalue weighted by Crippen LogP contribution is -2.40. The predicted molar refractivity (Wildman–Crippen MR) is 97.3 cm³/mol. The van der Waals surface area contributed by atoms with E-state index in [9.17, 15) is 4.79 Å². The molecule has 1 aliphatic rings. The number of hydrogen-bond donors (Lipinski definition) is 1. The number of carbonyl (C=O) groups is 1. The molecule has 7 heteroatoms. The highest BCUT2D eigenvalue weighted by Crippen LogP contribution is 2.18. The largest absolute Gasteiger partial charge is 0.339 e. The zero-order valence-electron chi connectivity index (χ0n) is 15.4. The first-order chi connectivity index (χ1) is 12.7. The molecule has 1 fully saturated rings. The maximum Gasteiger partial charge on any atom is 0.226 e. The summed E-state index contributed by atoms with van der Waals surface area (Å²) in [6.07, 6.45) is 6.73. The summed E-state index contributed by atoms with van der Waals surface area (Å²) in [5.74, 6) is 1.41. The van der Waals surface area contributed by atoms with Gasteiger partial charge in [0.2, 0.25) is 11.8 Å². The van der Waals surface area contributed by atoms with Gasteiger partial charge in [-0.05, 0) is 57.8 Å². The molecule has 2 aromatic heterocycles. The fourth-order valence-electron chi connectivity index (χ4n) is 3.38. The first-order valence-corrected chi connectivity index (χ1v) is 9.41. The van der Waals surface area contributed by atoms with Crippen LogP contribution in [0.1, 0.15) is 49.5 Å². The standard InChI is InChI=1S/C19H27N5O2/c1-15-22-18(26-23-15)8-4-9-19(25)24(14-16-6-2-3-12-21-16)17-7-5-11-20-13-10-17/h2-3,6,12,17,20H,4-5,7-11,13-14H2,1H3. The van der Waals surface area contributed by atoms with Gasteiger partial charge in [-0.1, -0.05) is 11.2 Å². The van der Waals surface area contributed by atoms with Gasteiger partial charge in [0, 0.05) is 25.1 Å². The second-order valence-corrected chi connectivity index (χ2v) is 6.77. The quantitative estimate of drug-likeness (QED) is 0.818. The average molecular weight is 357 g/mol. The van der Waals surface area contributed by atoms with Gasteiger partial charge in [0.25, 0.3) is 0 Å². The molecule has 3 rings (SSSR count). The number of amides is 1. The highest BCUT2D eigenvalue weighted by molar-refractivity contribution is 5.76. The third kappa shape index (κ3) is 5.36. The van der Waals surface area contributed by atoms with Gasteiger partial charge in [0.05, 0.1) is 12.2 Å². The van der Waals surface area contributed by atoms with Crippen molar-refractivity contribution < 1.29 is 9.32 Å². The van der Waals surface area contributed by atoms with Crippen LogP contribution in [0.15, 0.2) is 28.9 Å². The molecule has 0 aliphatic carbocycles. The summed E-state index contributed by atoms with van der Waals surface area (Å²) in [6.45, 7) is 4.35. The molecule has 0 radical (unpaired) electrons. The molecule has 2 aromatic rings. The van der Waals surface area contributed by atoms with Gasteiger partial charge in [0.15, 0.2) is 5.82 Å². The summed E-state index contributed by atoms with van der Waals surface area (Å²) in [7, 11) is 0. The molecule has 1 aliphatic heterocycles. The Balaban J connectivity index is 1.61. The van der Waals surface area contributed by atoms with Gasteiger partial charge in [-0.15, -0.1) is 0 Å². The number of aromatic nitrogens is 3. The Kier molecular flexibility index (Phi) is 6.71. The van der Waals surface area contributed by atoms with Crippen molar-refractivity contribution in [2.75, 3.05) is 13.1 Å². The normalized spacial score (nSPS) is 17.7. The Bertz CT molecular complexity index is 680. The van der Waals surface area contributed by atoms with Crippen LogP contribution < -0.4 is 5.32 Å². The first kappa shape index (κ1) is 18.5. The number of nitrogens with one attached hydrogen (secondary N) is 1. The Labute approximate surface area is 154 Å². The molecule has 3 heterocycles. The van der Waals surface area contributed by atoms with Gasteiger partial charge in [-0.25, -0.2) is 0 Å². The van der Waals surface area contributed by atoms with Gasteiger partial charge in [0.1, 0.15) is 0 Å². The SMILES string of the molecule is Cc1noc(CCCC(=O)N(Cc2ccccn2)C2CCCNCC2)n1. The Morgan fingerprint density at radius 2 is 2.27 bits per heavy atom. The zero-order valence-corrected chi connectivity index (χ0v) is 15.4. The maximum absolute atomic E-state index is 13.0. The first-order valence-electron chi connectivity index (χ1n) is 9.41. The highest BCUT2D eigenvalue weighted by atomic mass is 16.5. The third-order valence-electron chi connectivity index (χ3n) is 4.72. The maximum atomic E-state index is 13.0. The van der Waals surface area contributed by atoms with E-state index in [0.717, 1.165) is 38.0 Å². The lowest BCUT2D eigenvalue weighted by Gasteiger charge is -2.31. The summed E-state index contributed by atoms with van der Waals surface area (Å²) in [6, 6.07) is 6.12. The average Bonchev–Trinajstić information content (AvgIpc) is 2.90. The van der Waals surface area contributed by atoms with E-state index in [1.165, 1.54) is 0 Å². The molecule has 0 aromatic carbocycles. The molecule has 1 atom stereocenters. The molecular weight excluding hydrogens is 330 g/mol. The van der Waals surface area contributed by atoms with Crippen molar-refractivity contribution in [3.05, 3.63) is 41.8 Å². The van der Waals surface area contributed by atoms with Crippen LogP contribution >= 0.6 is 0 Å². The number of pyridine rings is 1. The molecule has 1 N–H and O–H groups in total. The van der Waals surface area contributed by atoms with Crippen molar-refractivity contribution in [1.82, 2.24) is 25.3 Å². The van der Waals surface area contributed by atoms with Crippen molar-refractivity contribution in [3.8, 4) is 0 Å². The van der Waals surface area contributed by atoms with E-state index in [2.05, 4.69) is 20.4 Å². The van der Waals surface area contributed by atoms with Crippen molar-refractivity contribution in [1.29, 1.82) is 0 Å². The van der Waals surface area contributed by atoms with Crippen LogP contribution in [0.4, 0.5) is 0 Å². The van der Waals surface area contributed by atoms with E-state index in [4.69, 9.17) is 4.52 Å². The Hall–Kier alpha value is -2.28. The van der Waals surface area contributed by atoms with E-state index in [1.807, 2.05) is 23.1 Å². The van der Waals surface area contributed by atoms with E-state index < -0.39 is 0 Å². The predicted octanol–water partition coefficient (Wildman–Crippen LogP) is 2.27. The van der Waals surface area contributed by atoms with E-state index in [1.54, 1.807) is 13.1 Å². The Morgan fingerprint density at radius 3 is 3.04 bits per heavy atom. The molecule has 140 valence electrons. The number of aryl methyl sites for hydroxylation is 2. The van der Waals surface area contributed by atoms with Gasteiger partial charge in [-0.3, -0.25) is 9.78 Å². The summed E-state index contributed by atoms with van der Waals surface area (Å²) in [5.41, 5.74) is 0.936. The van der Waals surface area contributed by atoms with E-state index >= 15 is 0 Å². The van der Waals surface area contributed by atoms with E-state index in [-0.39, 0.29) is 11.9 Å². The van der Waals surface area contributed by atoms with Crippen LogP contribution in [-0.2, 0) is 17.8 Å². The van der Waals surface area contributed by atoms with Crippen LogP contribution in [0.3, 0.4) is 0 Å². The lowest BCUT2D eigenvalue weighted by atomic mass is 10.1. The summed E-state index contributed by atoms with van der Waals surface area (Å²) in [4.78, 5) is 23.6.